The van der Waals surface area contributed by atoms with Crippen molar-refractivity contribution in [3.63, 3.8) is 0 Å². The van der Waals surface area contributed by atoms with Crippen molar-refractivity contribution in [3.05, 3.63) is 64.4 Å². The molecular weight excluding hydrogens is 305 g/mol. The summed E-state index contributed by atoms with van der Waals surface area (Å²) in [5.74, 6) is 0.297. The van der Waals surface area contributed by atoms with Crippen molar-refractivity contribution < 1.29 is 14.2 Å². The van der Waals surface area contributed by atoms with E-state index in [-0.39, 0.29) is 23.7 Å². The number of nitrogens with one attached hydrogen (secondary N) is 1. The number of ether oxygens (including phenoxy) is 1. The van der Waals surface area contributed by atoms with E-state index in [0.717, 1.165) is 11.3 Å². The van der Waals surface area contributed by atoms with Gasteiger partial charge in [-0.15, -0.1) is 0 Å². The Balaban J connectivity index is 2.12. The van der Waals surface area contributed by atoms with Gasteiger partial charge in [0.05, 0.1) is 24.8 Å². The molecule has 2 aromatic rings. The van der Waals surface area contributed by atoms with E-state index in [4.69, 9.17) is 16.3 Å². The van der Waals surface area contributed by atoms with Crippen molar-refractivity contribution >= 4 is 11.6 Å². The fourth-order valence-electron chi connectivity index (χ4n) is 2.27. The fraction of sp³-hybridized carbons (Fsp3) is 0.294. The number of aliphatic hydroxyl groups is 1. The number of halogens is 2. The lowest BCUT2D eigenvalue weighted by atomic mass is 10.0. The molecule has 0 amide bonds. The van der Waals surface area contributed by atoms with E-state index >= 15 is 0 Å². The molecule has 0 saturated heterocycles. The molecular formula is C17H19ClFNO2. The van der Waals surface area contributed by atoms with Crippen LogP contribution in [0, 0.1) is 5.82 Å². The third kappa shape index (κ3) is 3.97. The maximum absolute atomic E-state index is 13.6. The number of aliphatic hydroxyl groups excluding tert-OH is 1. The molecule has 0 heterocycles. The first kappa shape index (κ1) is 16.7. The summed E-state index contributed by atoms with van der Waals surface area (Å²) in [5.41, 5.74) is 1.71. The third-order valence-electron chi connectivity index (χ3n) is 3.60. The normalized spacial score (nSPS) is 13.7. The Hall–Kier alpha value is -1.62. The van der Waals surface area contributed by atoms with Gasteiger partial charge in [-0.25, -0.2) is 4.39 Å². The summed E-state index contributed by atoms with van der Waals surface area (Å²) >= 11 is 5.69. The standard InChI is InChI=1S/C17H19ClFNO2/c1-11(12-3-6-14(22-2)7-4-12)20-17(10-21)13-5-8-15(18)16(19)9-13/h3-9,11,17,20-21H,10H2,1-2H3. The van der Waals surface area contributed by atoms with Crippen molar-refractivity contribution in [2.75, 3.05) is 13.7 Å². The van der Waals surface area contributed by atoms with Gasteiger partial charge in [0.15, 0.2) is 0 Å². The molecule has 0 aliphatic rings. The van der Waals surface area contributed by atoms with Gasteiger partial charge in [-0.05, 0) is 42.3 Å². The molecule has 0 bridgehead atoms. The summed E-state index contributed by atoms with van der Waals surface area (Å²) in [4.78, 5) is 0. The first-order valence-corrected chi connectivity index (χ1v) is 7.38. The Morgan fingerprint density at radius 1 is 1.18 bits per heavy atom. The molecule has 118 valence electrons. The minimum Gasteiger partial charge on any atom is -0.497 e. The zero-order chi connectivity index (χ0) is 16.1. The molecule has 0 aromatic heterocycles. The first-order valence-electron chi connectivity index (χ1n) is 7.01. The fourth-order valence-corrected chi connectivity index (χ4v) is 2.39. The SMILES string of the molecule is COc1ccc(C(C)NC(CO)c2ccc(Cl)c(F)c2)cc1. The highest BCUT2D eigenvalue weighted by atomic mass is 35.5. The van der Waals surface area contributed by atoms with E-state index in [2.05, 4.69) is 5.32 Å². The number of methoxy groups -OCH3 is 1. The van der Waals surface area contributed by atoms with Crippen LogP contribution in [0.15, 0.2) is 42.5 Å². The maximum Gasteiger partial charge on any atom is 0.142 e. The summed E-state index contributed by atoms with van der Waals surface area (Å²) in [7, 11) is 1.62. The predicted molar refractivity (Wildman–Crippen MR) is 85.8 cm³/mol. The van der Waals surface area contributed by atoms with E-state index in [1.54, 1.807) is 13.2 Å². The van der Waals surface area contributed by atoms with Gasteiger partial charge in [0.1, 0.15) is 11.6 Å². The van der Waals surface area contributed by atoms with Crippen LogP contribution in [0.25, 0.3) is 0 Å². The smallest absolute Gasteiger partial charge is 0.142 e. The molecule has 0 aliphatic heterocycles. The molecule has 0 radical (unpaired) electrons. The molecule has 2 unspecified atom stereocenters. The van der Waals surface area contributed by atoms with Gasteiger partial charge in [-0.1, -0.05) is 29.8 Å². The molecule has 2 rings (SSSR count). The summed E-state index contributed by atoms with van der Waals surface area (Å²) in [6.45, 7) is 1.85. The monoisotopic (exact) mass is 323 g/mol. The molecule has 0 fully saturated rings. The quantitative estimate of drug-likeness (QED) is 0.848. The van der Waals surface area contributed by atoms with Gasteiger partial charge >= 0.3 is 0 Å². The molecule has 2 aromatic carbocycles. The second kappa shape index (κ2) is 7.58. The van der Waals surface area contributed by atoms with Crippen molar-refractivity contribution in [1.29, 1.82) is 0 Å². The molecule has 22 heavy (non-hydrogen) atoms. The molecule has 0 aliphatic carbocycles. The highest BCUT2D eigenvalue weighted by Gasteiger charge is 2.16. The zero-order valence-corrected chi connectivity index (χ0v) is 13.3. The lowest BCUT2D eigenvalue weighted by Gasteiger charge is -2.23. The molecule has 0 saturated carbocycles. The van der Waals surface area contributed by atoms with Crippen LogP contribution in [0.4, 0.5) is 4.39 Å². The highest BCUT2D eigenvalue weighted by Crippen LogP contribution is 2.24. The Morgan fingerprint density at radius 3 is 2.36 bits per heavy atom. The van der Waals surface area contributed by atoms with Crippen LogP contribution in [-0.2, 0) is 0 Å². The van der Waals surface area contributed by atoms with Crippen LogP contribution in [0.5, 0.6) is 5.75 Å². The van der Waals surface area contributed by atoms with E-state index < -0.39 is 5.82 Å². The first-order chi connectivity index (χ1) is 10.5. The van der Waals surface area contributed by atoms with Crippen molar-refractivity contribution in [1.82, 2.24) is 5.32 Å². The van der Waals surface area contributed by atoms with Crippen molar-refractivity contribution in [2.24, 2.45) is 0 Å². The molecule has 2 atom stereocenters. The Labute approximate surface area is 134 Å². The molecule has 2 N–H and O–H groups in total. The zero-order valence-electron chi connectivity index (χ0n) is 12.5. The number of rotatable bonds is 6. The van der Waals surface area contributed by atoms with Crippen LogP contribution in [0.3, 0.4) is 0 Å². The van der Waals surface area contributed by atoms with Crippen LogP contribution in [0.1, 0.15) is 30.1 Å². The lowest BCUT2D eigenvalue weighted by Crippen LogP contribution is -2.27. The van der Waals surface area contributed by atoms with Crippen molar-refractivity contribution in [3.8, 4) is 5.75 Å². The molecule has 3 nitrogen and oxygen atoms in total. The number of benzene rings is 2. The molecule has 5 heteroatoms. The second-order valence-electron chi connectivity index (χ2n) is 5.07. The average Bonchev–Trinajstić information content (AvgIpc) is 2.55. The minimum atomic E-state index is -0.489. The number of hydrogen-bond acceptors (Lipinski definition) is 3. The minimum absolute atomic E-state index is 0.0122. The van der Waals surface area contributed by atoms with Gasteiger partial charge in [0.25, 0.3) is 0 Å². The van der Waals surface area contributed by atoms with E-state index in [1.165, 1.54) is 12.1 Å². The number of hydrogen-bond donors (Lipinski definition) is 2. The van der Waals surface area contributed by atoms with Gasteiger partial charge in [-0.3, -0.25) is 0 Å². The topological polar surface area (TPSA) is 41.5 Å². The summed E-state index contributed by atoms with van der Waals surface area (Å²) in [5, 5.41) is 12.9. The van der Waals surface area contributed by atoms with Gasteiger partial charge in [0.2, 0.25) is 0 Å². The summed E-state index contributed by atoms with van der Waals surface area (Å²) < 4.78 is 18.7. The van der Waals surface area contributed by atoms with Gasteiger partial charge < -0.3 is 15.2 Å². The average molecular weight is 324 g/mol. The Bertz CT molecular complexity index is 619. The summed E-state index contributed by atoms with van der Waals surface area (Å²) in [6.07, 6.45) is 0. The Morgan fingerprint density at radius 2 is 1.82 bits per heavy atom. The van der Waals surface area contributed by atoms with Gasteiger partial charge in [-0.2, -0.15) is 0 Å². The van der Waals surface area contributed by atoms with Crippen LogP contribution in [-0.4, -0.2) is 18.8 Å². The van der Waals surface area contributed by atoms with Crippen LogP contribution in [0.2, 0.25) is 5.02 Å². The summed E-state index contributed by atoms with van der Waals surface area (Å²) in [6, 6.07) is 11.8. The second-order valence-corrected chi connectivity index (χ2v) is 5.48. The Kier molecular flexibility index (Phi) is 5.77. The van der Waals surface area contributed by atoms with Crippen LogP contribution >= 0.6 is 11.6 Å². The highest BCUT2D eigenvalue weighted by molar-refractivity contribution is 6.30. The van der Waals surface area contributed by atoms with Gasteiger partial charge in [0, 0.05) is 6.04 Å². The van der Waals surface area contributed by atoms with Crippen LogP contribution < -0.4 is 10.1 Å². The lowest BCUT2D eigenvalue weighted by molar-refractivity contribution is 0.235. The maximum atomic E-state index is 13.6. The van der Waals surface area contributed by atoms with E-state index in [9.17, 15) is 9.50 Å². The predicted octanol–water partition coefficient (Wildman–Crippen LogP) is 3.87. The largest absolute Gasteiger partial charge is 0.497 e. The third-order valence-corrected chi connectivity index (χ3v) is 3.90. The van der Waals surface area contributed by atoms with Crippen molar-refractivity contribution in [2.45, 2.75) is 19.0 Å². The molecule has 0 spiro atoms. The van der Waals surface area contributed by atoms with E-state index in [1.807, 2.05) is 31.2 Å². The van der Waals surface area contributed by atoms with E-state index in [0.29, 0.717) is 5.56 Å².